The summed E-state index contributed by atoms with van der Waals surface area (Å²) in [6, 6.07) is 13.0. The molecule has 1 fully saturated rings. The van der Waals surface area contributed by atoms with Crippen LogP contribution < -0.4 is 0 Å². The standard InChI is InChI=1S/C21H18N4O4/c1-13-22-20(24-29-13)19-12-25(8-10-28-19)21(26)15-11-17(18-7-4-9-27-18)23-16-6-3-2-5-14(15)16/h2-7,9,11,19H,8,10,12H2,1H3/t19-/m1/s1. The minimum Gasteiger partial charge on any atom is -0.463 e. The average Bonchev–Trinajstić information content (AvgIpc) is 3.44. The Kier molecular flexibility index (Phi) is 4.33. The number of para-hydroxylation sites is 1. The molecule has 146 valence electrons. The Bertz CT molecular complexity index is 1170. The maximum Gasteiger partial charge on any atom is 0.254 e. The van der Waals surface area contributed by atoms with E-state index in [1.165, 1.54) is 0 Å². The summed E-state index contributed by atoms with van der Waals surface area (Å²) >= 11 is 0. The highest BCUT2D eigenvalue weighted by Gasteiger charge is 2.30. The van der Waals surface area contributed by atoms with Gasteiger partial charge in [-0.3, -0.25) is 4.79 Å². The number of benzene rings is 1. The van der Waals surface area contributed by atoms with Crippen molar-refractivity contribution in [2.75, 3.05) is 19.7 Å². The number of furan rings is 1. The number of aromatic nitrogens is 3. The van der Waals surface area contributed by atoms with E-state index in [0.717, 1.165) is 10.9 Å². The van der Waals surface area contributed by atoms with Gasteiger partial charge < -0.3 is 18.6 Å². The first kappa shape index (κ1) is 17.6. The van der Waals surface area contributed by atoms with Gasteiger partial charge in [-0.05, 0) is 24.3 Å². The number of hydrogen-bond acceptors (Lipinski definition) is 7. The lowest BCUT2D eigenvalue weighted by Gasteiger charge is -2.31. The van der Waals surface area contributed by atoms with Crippen LogP contribution in [0.4, 0.5) is 0 Å². The highest BCUT2D eigenvalue weighted by molar-refractivity contribution is 6.07. The Labute approximate surface area is 166 Å². The smallest absolute Gasteiger partial charge is 0.254 e. The van der Waals surface area contributed by atoms with Crippen LogP contribution in [-0.2, 0) is 4.74 Å². The molecule has 0 saturated carbocycles. The largest absolute Gasteiger partial charge is 0.463 e. The number of hydrogen-bond donors (Lipinski definition) is 0. The fraction of sp³-hybridized carbons (Fsp3) is 0.238. The van der Waals surface area contributed by atoms with E-state index in [9.17, 15) is 4.79 Å². The molecule has 3 aromatic heterocycles. The lowest BCUT2D eigenvalue weighted by Crippen LogP contribution is -2.42. The lowest BCUT2D eigenvalue weighted by molar-refractivity contribution is -0.0275. The van der Waals surface area contributed by atoms with Crippen LogP contribution in [0.3, 0.4) is 0 Å². The molecule has 4 heterocycles. The Hall–Kier alpha value is -3.52. The number of amides is 1. The summed E-state index contributed by atoms with van der Waals surface area (Å²) in [5.41, 5.74) is 1.94. The number of carbonyl (C=O) groups excluding carboxylic acids is 1. The summed E-state index contributed by atoms with van der Waals surface area (Å²) in [7, 11) is 0. The number of nitrogens with zero attached hydrogens (tertiary/aromatic N) is 4. The van der Waals surface area contributed by atoms with Crippen LogP contribution >= 0.6 is 0 Å². The van der Waals surface area contributed by atoms with Gasteiger partial charge in [0.05, 0.1) is 30.5 Å². The average molecular weight is 390 g/mol. The summed E-state index contributed by atoms with van der Waals surface area (Å²) in [5, 5.41) is 4.73. The molecule has 0 unspecified atom stereocenters. The van der Waals surface area contributed by atoms with E-state index in [2.05, 4.69) is 15.1 Å². The molecule has 1 amide bonds. The third-order valence-electron chi connectivity index (χ3n) is 4.91. The summed E-state index contributed by atoms with van der Waals surface area (Å²) in [6.45, 7) is 2.96. The SMILES string of the molecule is Cc1nc([C@H]2CN(C(=O)c3cc(-c4ccco4)nc4ccccc34)CCO2)no1. The third-order valence-corrected chi connectivity index (χ3v) is 4.91. The van der Waals surface area contributed by atoms with Crippen molar-refractivity contribution in [3.05, 3.63) is 66.0 Å². The molecule has 8 nitrogen and oxygen atoms in total. The fourth-order valence-electron chi connectivity index (χ4n) is 3.51. The highest BCUT2D eigenvalue weighted by Crippen LogP contribution is 2.28. The molecule has 29 heavy (non-hydrogen) atoms. The Morgan fingerprint density at radius 2 is 2.07 bits per heavy atom. The normalized spacial score (nSPS) is 17.0. The summed E-state index contributed by atoms with van der Waals surface area (Å²) in [6.07, 6.45) is 1.18. The number of pyridine rings is 1. The molecule has 4 aromatic rings. The molecule has 1 aliphatic heterocycles. The van der Waals surface area contributed by atoms with Gasteiger partial charge in [-0.1, -0.05) is 23.4 Å². The first-order chi connectivity index (χ1) is 14.2. The van der Waals surface area contributed by atoms with Crippen LogP contribution in [0.15, 0.2) is 57.7 Å². The number of aryl methyl sites for hydroxylation is 1. The fourth-order valence-corrected chi connectivity index (χ4v) is 3.51. The van der Waals surface area contributed by atoms with Gasteiger partial charge in [-0.25, -0.2) is 4.98 Å². The molecule has 1 atom stereocenters. The van der Waals surface area contributed by atoms with Crippen molar-refractivity contribution in [3.8, 4) is 11.5 Å². The van der Waals surface area contributed by atoms with Crippen molar-refractivity contribution in [1.29, 1.82) is 0 Å². The second-order valence-corrected chi connectivity index (χ2v) is 6.83. The van der Waals surface area contributed by atoms with Gasteiger partial charge in [-0.2, -0.15) is 4.98 Å². The molecule has 0 bridgehead atoms. The summed E-state index contributed by atoms with van der Waals surface area (Å²) in [4.78, 5) is 24.1. The van der Waals surface area contributed by atoms with Gasteiger partial charge in [0.1, 0.15) is 11.8 Å². The van der Waals surface area contributed by atoms with Crippen molar-refractivity contribution in [1.82, 2.24) is 20.0 Å². The van der Waals surface area contributed by atoms with E-state index in [-0.39, 0.29) is 5.91 Å². The van der Waals surface area contributed by atoms with E-state index in [1.54, 1.807) is 30.2 Å². The Balaban J connectivity index is 1.51. The number of ether oxygens (including phenoxy) is 1. The second-order valence-electron chi connectivity index (χ2n) is 6.83. The highest BCUT2D eigenvalue weighted by atomic mass is 16.5. The zero-order valence-electron chi connectivity index (χ0n) is 15.7. The molecule has 0 radical (unpaired) electrons. The topological polar surface area (TPSA) is 94.5 Å². The second kappa shape index (κ2) is 7.14. The van der Waals surface area contributed by atoms with Crippen LogP contribution in [0.25, 0.3) is 22.4 Å². The monoisotopic (exact) mass is 390 g/mol. The van der Waals surface area contributed by atoms with Crippen LogP contribution in [0.2, 0.25) is 0 Å². The first-order valence-electron chi connectivity index (χ1n) is 9.34. The molecule has 1 aliphatic rings. The van der Waals surface area contributed by atoms with Gasteiger partial charge in [0, 0.05) is 18.9 Å². The van der Waals surface area contributed by atoms with Gasteiger partial charge in [-0.15, -0.1) is 0 Å². The van der Waals surface area contributed by atoms with Gasteiger partial charge in [0.25, 0.3) is 5.91 Å². The van der Waals surface area contributed by atoms with Crippen LogP contribution in [0.5, 0.6) is 0 Å². The summed E-state index contributed by atoms with van der Waals surface area (Å²) < 4.78 is 16.3. The van der Waals surface area contributed by atoms with E-state index in [0.29, 0.717) is 48.4 Å². The predicted octanol–water partition coefficient (Wildman–Crippen LogP) is 3.40. The van der Waals surface area contributed by atoms with Crippen molar-refractivity contribution in [3.63, 3.8) is 0 Å². The number of carbonyl (C=O) groups is 1. The number of fused-ring (bicyclic) bond motifs is 1. The Morgan fingerprint density at radius 3 is 2.86 bits per heavy atom. The van der Waals surface area contributed by atoms with Crippen molar-refractivity contribution < 1.29 is 18.5 Å². The minimum atomic E-state index is -0.414. The molecular weight excluding hydrogens is 372 g/mol. The Morgan fingerprint density at radius 1 is 1.17 bits per heavy atom. The van der Waals surface area contributed by atoms with Crippen molar-refractivity contribution in [2.24, 2.45) is 0 Å². The minimum absolute atomic E-state index is 0.0927. The van der Waals surface area contributed by atoms with E-state index >= 15 is 0 Å². The molecule has 0 N–H and O–H groups in total. The molecule has 1 saturated heterocycles. The molecule has 5 rings (SSSR count). The molecule has 0 spiro atoms. The first-order valence-corrected chi connectivity index (χ1v) is 9.34. The molecule has 0 aliphatic carbocycles. The van der Waals surface area contributed by atoms with Gasteiger partial charge >= 0.3 is 0 Å². The van der Waals surface area contributed by atoms with E-state index < -0.39 is 6.10 Å². The molecule has 1 aromatic carbocycles. The zero-order valence-corrected chi connectivity index (χ0v) is 15.7. The predicted molar refractivity (Wildman–Crippen MR) is 103 cm³/mol. The van der Waals surface area contributed by atoms with E-state index in [4.69, 9.17) is 13.7 Å². The van der Waals surface area contributed by atoms with Crippen LogP contribution in [0.1, 0.15) is 28.2 Å². The van der Waals surface area contributed by atoms with Gasteiger partial charge in [0.15, 0.2) is 5.76 Å². The van der Waals surface area contributed by atoms with Crippen LogP contribution in [0, 0.1) is 6.92 Å². The lowest BCUT2D eigenvalue weighted by atomic mass is 10.0. The quantitative estimate of drug-likeness (QED) is 0.529. The number of morpholine rings is 1. The van der Waals surface area contributed by atoms with Gasteiger partial charge in [0.2, 0.25) is 11.7 Å². The maximum absolute atomic E-state index is 13.5. The van der Waals surface area contributed by atoms with Crippen LogP contribution in [-0.4, -0.2) is 45.6 Å². The maximum atomic E-state index is 13.5. The van der Waals surface area contributed by atoms with Crippen molar-refractivity contribution in [2.45, 2.75) is 13.0 Å². The molecular formula is C21H18N4O4. The zero-order chi connectivity index (χ0) is 19.8. The third kappa shape index (κ3) is 3.27. The summed E-state index contributed by atoms with van der Waals surface area (Å²) in [5.74, 6) is 1.45. The van der Waals surface area contributed by atoms with E-state index in [1.807, 2.05) is 30.3 Å². The molecule has 8 heteroatoms. The van der Waals surface area contributed by atoms with Crippen molar-refractivity contribution >= 4 is 16.8 Å². The number of rotatable bonds is 3.